The SMILES string of the molecule is CCCCCCC(O)C/C=C\CCCCCCCC(=O)OC(C)=O.Cc1cccc2c1ccc1c3ccccc3ccc21. The first-order valence-corrected chi connectivity index (χ1v) is 16.2. The number of carbonyl (C=O) groups is 2. The van der Waals surface area contributed by atoms with Crippen LogP contribution in [-0.2, 0) is 14.3 Å². The lowest BCUT2D eigenvalue weighted by Gasteiger charge is -2.08. The fourth-order valence-electron chi connectivity index (χ4n) is 5.58. The minimum absolute atomic E-state index is 0.187. The molecule has 0 amide bonds. The van der Waals surface area contributed by atoms with Crippen molar-refractivity contribution in [2.24, 2.45) is 0 Å². The first-order valence-electron chi connectivity index (χ1n) is 16.2. The van der Waals surface area contributed by atoms with E-state index in [2.05, 4.69) is 97.5 Å². The van der Waals surface area contributed by atoms with Crippen molar-refractivity contribution in [1.82, 2.24) is 0 Å². The molecule has 4 rings (SSSR count). The van der Waals surface area contributed by atoms with Crippen LogP contribution in [0.5, 0.6) is 0 Å². The van der Waals surface area contributed by atoms with Crippen LogP contribution in [0.2, 0.25) is 0 Å². The molecule has 0 aliphatic heterocycles. The molecule has 1 unspecified atom stereocenters. The summed E-state index contributed by atoms with van der Waals surface area (Å²) < 4.78 is 4.47. The smallest absolute Gasteiger partial charge is 0.313 e. The first-order chi connectivity index (χ1) is 20.9. The molecule has 0 spiro atoms. The van der Waals surface area contributed by atoms with Gasteiger partial charge in [0.05, 0.1) is 6.10 Å². The van der Waals surface area contributed by atoms with Gasteiger partial charge in [-0.05, 0) is 76.9 Å². The standard InChI is InChI=1S/C20H36O4.C19H14/c1-3-4-5-12-15-19(22)16-13-10-8-6-7-9-11-14-17-20(23)24-18(2)21;1-13-5-4-8-17-15(13)11-12-18-16-7-3-2-6-14(16)9-10-19(17)18/h10,13,19,22H,3-9,11-12,14-17H2,1-2H3;2-12H,1H3/b13-10-;. The molecule has 0 radical (unpaired) electrons. The lowest BCUT2D eigenvalue weighted by atomic mass is 9.95. The number of aryl methyl sites for hydroxylation is 1. The van der Waals surface area contributed by atoms with E-state index in [0.717, 1.165) is 57.8 Å². The second-order valence-electron chi connectivity index (χ2n) is 11.6. The fourth-order valence-corrected chi connectivity index (χ4v) is 5.58. The van der Waals surface area contributed by atoms with Crippen molar-refractivity contribution >= 4 is 44.3 Å². The third-order valence-electron chi connectivity index (χ3n) is 7.98. The molecule has 0 aromatic heterocycles. The Labute approximate surface area is 258 Å². The van der Waals surface area contributed by atoms with E-state index in [-0.39, 0.29) is 6.10 Å². The fraction of sp³-hybridized carbons (Fsp3) is 0.436. The molecule has 4 heteroatoms. The molecule has 230 valence electrons. The summed E-state index contributed by atoms with van der Waals surface area (Å²) in [6.07, 6.45) is 17.2. The Balaban J connectivity index is 0.000000239. The summed E-state index contributed by atoms with van der Waals surface area (Å²) in [5.74, 6) is -0.948. The maximum atomic E-state index is 11.1. The van der Waals surface area contributed by atoms with Crippen molar-refractivity contribution < 1.29 is 19.4 Å². The molecule has 0 saturated carbocycles. The van der Waals surface area contributed by atoms with Crippen molar-refractivity contribution in [2.45, 2.75) is 110 Å². The largest absolute Gasteiger partial charge is 0.393 e. The van der Waals surface area contributed by atoms with Crippen LogP contribution in [0.4, 0.5) is 0 Å². The van der Waals surface area contributed by atoms with Gasteiger partial charge in [0.2, 0.25) is 0 Å². The molecular formula is C39H50O4. The van der Waals surface area contributed by atoms with E-state index < -0.39 is 11.9 Å². The molecule has 0 aliphatic rings. The third kappa shape index (κ3) is 11.6. The van der Waals surface area contributed by atoms with Crippen LogP contribution in [0.3, 0.4) is 0 Å². The molecule has 43 heavy (non-hydrogen) atoms. The van der Waals surface area contributed by atoms with Crippen LogP contribution in [0.25, 0.3) is 32.3 Å². The summed E-state index contributed by atoms with van der Waals surface area (Å²) in [4.78, 5) is 21.7. The number of aliphatic hydroxyl groups is 1. The first kappa shape index (κ1) is 34.0. The summed E-state index contributed by atoms with van der Waals surface area (Å²) in [6.45, 7) is 5.62. The number of benzene rings is 4. The maximum Gasteiger partial charge on any atom is 0.313 e. The van der Waals surface area contributed by atoms with Gasteiger partial charge in [0.15, 0.2) is 0 Å². The Morgan fingerprint density at radius 2 is 1.37 bits per heavy atom. The number of hydrogen-bond acceptors (Lipinski definition) is 4. The van der Waals surface area contributed by atoms with Gasteiger partial charge in [0, 0.05) is 13.3 Å². The highest BCUT2D eigenvalue weighted by Crippen LogP contribution is 2.32. The van der Waals surface area contributed by atoms with Gasteiger partial charge in [-0.1, -0.05) is 131 Å². The molecule has 0 heterocycles. The number of esters is 2. The number of rotatable bonds is 15. The van der Waals surface area contributed by atoms with Gasteiger partial charge in [-0.3, -0.25) is 9.59 Å². The van der Waals surface area contributed by atoms with Crippen LogP contribution >= 0.6 is 0 Å². The molecule has 4 aromatic rings. The van der Waals surface area contributed by atoms with Crippen molar-refractivity contribution in [3.8, 4) is 0 Å². The van der Waals surface area contributed by atoms with E-state index in [9.17, 15) is 14.7 Å². The van der Waals surface area contributed by atoms with Gasteiger partial charge < -0.3 is 9.84 Å². The van der Waals surface area contributed by atoms with Gasteiger partial charge >= 0.3 is 11.9 Å². The summed E-state index contributed by atoms with van der Waals surface area (Å²) >= 11 is 0. The minimum Gasteiger partial charge on any atom is -0.393 e. The molecule has 4 aromatic carbocycles. The van der Waals surface area contributed by atoms with Crippen molar-refractivity contribution in [3.05, 3.63) is 84.4 Å². The Morgan fingerprint density at radius 1 is 0.721 bits per heavy atom. The molecular weight excluding hydrogens is 532 g/mol. The van der Waals surface area contributed by atoms with E-state index in [4.69, 9.17) is 0 Å². The highest BCUT2D eigenvalue weighted by Gasteiger charge is 2.06. The number of aliphatic hydroxyl groups excluding tert-OH is 1. The Hall–Kier alpha value is -3.50. The van der Waals surface area contributed by atoms with Crippen molar-refractivity contribution in [3.63, 3.8) is 0 Å². The molecule has 0 saturated heterocycles. The molecule has 1 N–H and O–H groups in total. The summed E-state index contributed by atoms with van der Waals surface area (Å²) in [7, 11) is 0. The monoisotopic (exact) mass is 582 g/mol. The number of unbranched alkanes of at least 4 members (excludes halogenated alkanes) is 8. The number of hydrogen-bond donors (Lipinski definition) is 1. The normalized spacial score (nSPS) is 12.0. The Kier molecular flexibility index (Phi) is 15.0. The Bertz CT molecular complexity index is 1470. The second kappa shape index (κ2) is 18.9. The van der Waals surface area contributed by atoms with E-state index in [1.54, 1.807) is 0 Å². The molecule has 4 nitrogen and oxygen atoms in total. The quantitative estimate of drug-likeness (QED) is 0.0498. The second-order valence-corrected chi connectivity index (χ2v) is 11.6. The molecule has 0 bridgehead atoms. The van der Waals surface area contributed by atoms with E-state index in [1.165, 1.54) is 64.1 Å². The van der Waals surface area contributed by atoms with Crippen LogP contribution in [-0.4, -0.2) is 23.1 Å². The van der Waals surface area contributed by atoms with E-state index >= 15 is 0 Å². The third-order valence-corrected chi connectivity index (χ3v) is 7.98. The number of ether oxygens (including phenoxy) is 1. The van der Waals surface area contributed by atoms with Gasteiger partial charge in [-0.15, -0.1) is 0 Å². The zero-order chi connectivity index (χ0) is 30.9. The zero-order valence-corrected chi connectivity index (χ0v) is 26.4. The lowest BCUT2D eigenvalue weighted by Crippen LogP contribution is -2.08. The summed E-state index contributed by atoms with van der Waals surface area (Å²) in [6, 6.07) is 24.1. The average Bonchev–Trinajstić information content (AvgIpc) is 3.00. The summed E-state index contributed by atoms with van der Waals surface area (Å²) in [5.41, 5.74) is 1.34. The number of fused-ring (bicyclic) bond motifs is 5. The number of allylic oxidation sites excluding steroid dienone is 1. The lowest BCUT2D eigenvalue weighted by molar-refractivity contribution is -0.158. The van der Waals surface area contributed by atoms with Gasteiger partial charge in [-0.2, -0.15) is 0 Å². The van der Waals surface area contributed by atoms with Gasteiger partial charge in [0.25, 0.3) is 0 Å². The van der Waals surface area contributed by atoms with Crippen molar-refractivity contribution in [1.29, 1.82) is 0 Å². The van der Waals surface area contributed by atoms with Crippen LogP contribution in [0.15, 0.2) is 78.9 Å². The van der Waals surface area contributed by atoms with Crippen LogP contribution < -0.4 is 0 Å². The molecule has 0 fully saturated rings. The van der Waals surface area contributed by atoms with Gasteiger partial charge in [-0.25, -0.2) is 0 Å². The predicted octanol–water partition coefficient (Wildman–Crippen LogP) is 10.5. The van der Waals surface area contributed by atoms with E-state index in [0.29, 0.717) is 6.42 Å². The minimum atomic E-state index is -0.530. The Morgan fingerprint density at radius 3 is 2.19 bits per heavy atom. The topological polar surface area (TPSA) is 63.6 Å². The maximum absolute atomic E-state index is 11.1. The predicted molar refractivity (Wildman–Crippen MR) is 181 cm³/mol. The van der Waals surface area contributed by atoms with Crippen LogP contribution in [0, 0.1) is 6.92 Å². The molecule has 1 atom stereocenters. The van der Waals surface area contributed by atoms with Crippen molar-refractivity contribution in [2.75, 3.05) is 0 Å². The average molecular weight is 583 g/mol. The highest BCUT2D eigenvalue weighted by atomic mass is 16.6. The number of carbonyl (C=O) groups excluding carboxylic acids is 2. The molecule has 0 aliphatic carbocycles. The van der Waals surface area contributed by atoms with E-state index in [1.807, 2.05) is 0 Å². The highest BCUT2D eigenvalue weighted by molar-refractivity contribution is 6.17. The summed E-state index contributed by atoms with van der Waals surface area (Å²) in [5, 5.41) is 17.9. The van der Waals surface area contributed by atoms with Gasteiger partial charge in [0.1, 0.15) is 0 Å². The van der Waals surface area contributed by atoms with Crippen LogP contribution in [0.1, 0.15) is 103 Å². The zero-order valence-electron chi connectivity index (χ0n) is 26.4.